The van der Waals surface area contributed by atoms with E-state index in [1.54, 1.807) is 35.3 Å². The number of piperazine rings is 1. The third-order valence-corrected chi connectivity index (χ3v) is 10.8. The van der Waals surface area contributed by atoms with Crippen LogP contribution >= 0.6 is 23.4 Å². The first-order valence-corrected chi connectivity index (χ1v) is 19.5. The first kappa shape index (κ1) is 39.1. The van der Waals surface area contributed by atoms with Crippen molar-refractivity contribution in [3.05, 3.63) is 135 Å². The molecule has 282 valence electrons. The molecular weight excluding hydrogens is 723 g/mol. The Morgan fingerprint density at radius 2 is 1.50 bits per heavy atom. The number of likely N-dealkylation sites (N-methyl/N-ethyl adjacent to an activating group) is 1. The molecule has 0 atom stereocenters. The summed E-state index contributed by atoms with van der Waals surface area (Å²) in [5, 5.41) is 1.11. The minimum Gasteiger partial charge on any atom is -0.347 e. The number of hydrogen-bond acceptors (Lipinski definition) is 9. The van der Waals surface area contributed by atoms with Crippen LogP contribution < -0.4 is 10.5 Å². The molecule has 1 aliphatic heterocycles. The standard InChI is InChI=1S/C41H46ClFN8O2S/c1-47(2)40-44-24-32(25-45-40)23-35-27-51(41(46-39(35)53)54-29-31-7-15-37(43)16-8-31)28-38(52)50(18-4-17-49-21-19-48(3)20-22-49)26-30-5-9-33(10-6-30)34-11-13-36(42)14-12-34/h5-16,24-25,27H,4,17-23,26,28-29H2,1-3H3. The van der Waals surface area contributed by atoms with E-state index in [1.807, 2.05) is 48.2 Å². The maximum atomic E-state index is 14.4. The summed E-state index contributed by atoms with van der Waals surface area (Å²) in [5.74, 6) is 0.631. The summed E-state index contributed by atoms with van der Waals surface area (Å²) < 4.78 is 15.4. The topological polar surface area (TPSA) is 90.7 Å². The molecule has 0 N–H and O–H groups in total. The van der Waals surface area contributed by atoms with Gasteiger partial charge in [0, 0.05) is 94.7 Å². The average molecular weight is 769 g/mol. The number of thioether (sulfide) groups is 1. The van der Waals surface area contributed by atoms with Gasteiger partial charge in [-0.2, -0.15) is 4.98 Å². The van der Waals surface area contributed by atoms with E-state index in [0.29, 0.717) is 40.5 Å². The molecule has 54 heavy (non-hydrogen) atoms. The molecule has 1 saturated heterocycles. The maximum absolute atomic E-state index is 14.4. The highest BCUT2D eigenvalue weighted by molar-refractivity contribution is 7.98. The van der Waals surface area contributed by atoms with Crippen molar-refractivity contribution in [2.75, 3.05) is 65.3 Å². The zero-order chi connectivity index (χ0) is 38.0. The van der Waals surface area contributed by atoms with Crippen molar-refractivity contribution in [3.63, 3.8) is 0 Å². The van der Waals surface area contributed by atoms with Gasteiger partial charge in [0.05, 0.1) is 0 Å². The average Bonchev–Trinajstić information content (AvgIpc) is 3.17. The Balaban J connectivity index is 1.24. The number of benzene rings is 3. The van der Waals surface area contributed by atoms with E-state index in [-0.39, 0.29) is 30.2 Å². The normalized spacial score (nSPS) is 13.6. The van der Waals surface area contributed by atoms with Gasteiger partial charge in [0.2, 0.25) is 11.9 Å². The lowest BCUT2D eigenvalue weighted by atomic mass is 10.0. The summed E-state index contributed by atoms with van der Waals surface area (Å²) in [6, 6.07) is 22.3. The second kappa shape index (κ2) is 18.6. The lowest BCUT2D eigenvalue weighted by Gasteiger charge is -2.33. The van der Waals surface area contributed by atoms with Gasteiger partial charge < -0.3 is 24.2 Å². The van der Waals surface area contributed by atoms with Crippen LogP contribution in [0.15, 0.2) is 101 Å². The van der Waals surface area contributed by atoms with Gasteiger partial charge >= 0.3 is 0 Å². The maximum Gasteiger partial charge on any atom is 0.277 e. The molecule has 10 nitrogen and oxygen atoms in total. The largest absolute Gasteiger partial charge is 0.347 e. The SMILES string of the molecule is CN1CCN(CCCN(Cc2ccc(-c3ccc(Cl)cc3)cc2)C(=O)Cn2cc(Cc3cnc(N(C)C)nc3)c(=O)nc2SCc2ccc(F)cc2)CC1. The Labute approximate surface area is 325 Å². The molecule has 3 heterocycles. The fourth-order valence-electron chi connectivity index (χ4n) is 6.25. The third kappa shape index (κ3) is 11.0. The van der Waals surface area contributed by atoms with Crippen LogP contribution in [-0.2, 0) is 30.1 Å². The number of halogens is 2. The van der Waals surface area contributed by atoms with Gasteiger partial charge in [-0.05, 0) is 72.1 Å². The van der Waals surface area contributed by atoms with Gasteiger partial charge in [0.15, 0.2) is 5.16 Å². The monoisotopic (exact) mass is 768 g/mol. The zero-order valence-corrected chi connectivity index (χ0v) is 32.6. The van der Waals surface area contributed by atoms with Crippen LogP contribution in [-0.4, -0.2) is 101 Å². The highest BCUT2D eigenvalue weighted by Crippen LogP contribution is 2.24. The minimum atomic E-state index is -0.373. The molecule has 0 bridgehead atoms. The molecular formula is C41H46ClFN8O2S. The van der Waals surface area contributed by atoms with E-state index in [0.717, 1.165) is 67.0 Å². The van der Waals surface area contributed by atoms with Gasteiger partial charge in [0.1, 0.15) is 12.4 Å². The number of rotatable bonds is 15. The molecule has 0 saturated carbocycles. The summed E-state index contributed by atoms with van der Waals surface area (Å²) in [6.07, 6.45) is 6.25. The van der Waals surface area contributed by atoms with Crippen LogP contribution in [0, 0.1) is 5.82 Å². The first-order chi connectivity index (χ1) is 26.1. The molecule has 1 aliphatic rings. The number of anilines is 1. The number of hydrogen-bond donors (Lipinski definition) is 0. The summed E-state index contributed by atoms with van der Waals surface area (Å²) in [7, 11) is 5.88. The van der Waals surface area contributed by atoms with Crippen LogP contribution in [0.3, 0.4) is 0 Å². The van der Waals surface area contributed by atoms with E-state index in [9.17, 15) is 14.0 Å². The van der Waals surface area contributed by atoms with Crippen molar-refractivity contribution in [1.82, 2.24) is 34.2 Å². The van der Waals surface area contributed by atoms with Crippen LogP contribution in [0.4, 0.5) is 10.3 Å². The molecule has 0 spiro atoms. The lowest BCUT2D eigenvalue weighted by Crippen LogP contribution is -2.45. The van der Waals surface area contributed by atoms with Gasteiger partial charge in [-0.1, -0.05) is 71.9 Å². The number of carbonyl (C=O) groups excluding carboxylic acids is 1. The number of carbonyl (C=O) groups is 1. The number of nitrogens with zero attached hydrogens (tertiary/aromatic N) is 8. The second-order valence-electron chi connectivity index (χ2n) is 13.9. The molecule has 6 rings (SSSR count). The Kier molecular flexibility index (Phi) is 13.5. The first-order valence-electron chi connectivity index (χ1n) is 18.1. The third-order valence-electron chi connectivity index (χ3n) is 9.46. The second-order valence-corrected chi connectivity index (χ2v) is 15.3. The summed E-state index contributed by atoms with van der Waals surface area (Å²) in [5.41, 5.74) is 4.86. The zero-order valence-electron chi connectivity index (χ0n) is 31.0. The molecule has 0 aliphatic carbocycles. The van der Waals surface area contributed by atoms with Crippen LogP contribution in [0.2, 0.25) is 5.02 Å². The number of amides is 1. The molecule has 1 fully saturated rings. The van der Waals surface area contributed by atoms with Gasteiger partial charge in [-0.25, -0.2) is 14.4 Å². The van der Waals surface area contributed by atoms with Crippen LogP contribution in [0.25, 0.3) is 11.1 Å². The molecule has 5 aromatic rings. The van der Waals surface area contributed by atoms with Crippen LogP contribution in [0.1, 0.15) is 28.7 Å². The van der Waals surface area contributed by atoms with E-state index in [1.165, 1.54) is 23.9 Å². The Morgan fingerprint density at radius 1 is 0.870 bits per heavy atom. The van der Waals surface area contributed by atoms with E-state index >= 15 is 0 Å². The summed E-state index contributed by atoms with van der Waals surface area (Å²) >= 11 is 7.46. The molecule has 0 unspecified atom stereocenters. The Hall–Kier alpha value is -4.62. The fourth-order valence-corrected chi connectivity index (χ4v) is 7.29. The van der Waals surface area contributed by atoms with E-state index < -0.39 is 0 Å². The molecule has 13 heteroatoms. The highest BCUT2D eigenvalue weighted by atomic mass is 35.5. The van der Waals surface area contributed by atoms with Crippen molar-refractivity contribution in [1.29, 1.82) is 0 Å². The lowest BCUT2D eigenvalue weighted by molar-refractivity contribution is -0.132. The Morgan fingerprint density at radius 3 is 2.15 bits per heavy atom. The Bertz CT molecular complexity index is 2040. The van der Waals surface area contributed by atoms with Crippen molar-refractivity contribution in [3.8, 4) is 11.1 Å². The van der Waals surface area contributed by atoms with Gasteiger partial charge in [0.25, 0.3) is 5.56 Å². The van der Waals surface area contributed by atoms with Gasteiger partial charge in [-0.3, -0.25) is 9.59 Å². The smallest absolute Gasteiger partial charge is 0.277 e. The quantitative estimate of drug-likeness (QED) is 0.0926. The fraction of sp³-hybridized carbons (Fsp3) is 0.341. The molecule has 2 aromatic heterocycles. The van der Waals surface area contributed by atoms with E-state index in [2.05, 4.69) is 56.1 Å². The molecule has 0 radical (unpaired) electrons. The van der Waals surface area contributed by atoms with Crippen molar-refractivity contribution >= 4 is 35.2 Å². The van der Waals surface area contributed by atoms with E-state index in [4.69, 9.17) is 11.6 Å². The summed E-state index contributed by atoms with van der Waals surface area (Å²) in [6.45, 7) is 6.03. The van der Waals surface area contributed by atoms with Crippen molar-refractivity contribution in [2.45, 2.75) is 36.8 Å². The van der Waals surface area contributed by atoms with Crippen LogP contribution in [0.5, 0.6) is 0 Å². The minimum absolute atomic E-state index is 0.000530. The predicted molar refractivity (Wildman–Crippen MR) is 214 cm³/mol. The number of aromatic nitrogens is 4. The summed E-state index contributed by atoms with van der Waals surface area (Å²) in [4.78, 5) is 49.6. The van der Waals surface area contributed by atoms with Crippen molar-refractivity contribution < 1.29 is 9.18 Å². The molecule has 1 amide bonds. The van der Waals surface area contributed by atoms with Gasteiger partial charge in [-0.15, -0.1) is 0 Å². The van der Waals surface area contributed by atoms with Crippen molar-refractivity contribution in [2.24, 2.45) is 0 Å². The molecule has 3 aromatic carbocycles. The predicted octanol–water partition coefficient (Wildman–Crippen LogP) is 6.11. The highest BCUT2D eigenvalue weighted by Gasteiger charge is 2.20.